The van der Waals surface area contributed by atoms with Gasteiger partial charge >= 0.3 is 0 Å². The van der Waals surface area contributed by atoms with Crippen LogP contribution in [0, 0.1) is 0 Å². The number of alkyl halides is 1. The second kappa shape index (κ2) is 4.20. The summed E-state index contributed by atoms with van der Waals surface area (Å²) in [4.78, 5) is 2.46. The van der Waals surface area contributed by atoms with Crippen molar-refractivity contribution >= 4 is 11.6 Å². The zero-order chi connectivity index (χ0) is 7.40. The van der Waals surface area contributed by atoms with E-state index >= 15 is 0 Å². The van der Waals surface area contributed by atoms with E-state index in [9.17, 15) is 0 Å². The number of hydrogen-bond donors (Lipinski definition) is 0. The van der Waals surface area contributed by atoms with Crippen LogP contribution in [0.25, 0.3) is 0 Å². The maximum atomic E-state index is 5.87. The molecule has 0 saturated carbocycles. The van der Waals surface area contributed by atoms with Gasteiger partial charge in [0.25, 0.3) is 0 Å². The van der Waals surface area contributed by atoms with E-state index < -0.39 is 0 Å². The Labute approximate surface area is 68.4 Å². The highest BCUT2D eigenvalue weighted by molar-refractivity contribution is 6.20. The summed E-state index contributed by atoms with van der Waals surface area (Å²) in [7, 11) is 0. The molecule has 0 aromatic rings. The summed E-state index contributed by atoms with van der Waals surface area (Å²) < 4.78 is 0. The first-order valence-corrected chi connectivity index (χ1v) is 4.59. The lowest BCUT2D eigenvalue weighted by Gasteiger charge is -2.27. The second-order valence-corrected chi connectivity index (χ2v) is 3.89. The SMILES string of the molecule is C[C@@H](Cl)CN1CCCCC1. The molecule has 0 radical (unpaired) electrons. The molecule has 2 heteroatoms. The van der Waals surface area contributed by atoms with E-state index in [2.05, 4.69) is 11.8 Å². The maximum Gasteiger partial charge on any atom is 0.0435 e. The van der Waals surface area contributed by atoms with Gasteiger partial charge in [-0.1, -0.05) is 6.42 Å². The van der Waals surface area contributed by atoms with E-state index in [1.54, 1.807) is 0 Å². The molecule has 60 valence electrons. The van der Waals surface area contributed by atoms with Crippen molar-refractivity contribution in [1.29, 1.82) is 0 Å². The summed E-state index contributed by atoms with van der Waals surface area (Å²) in [5, 5.41) is 0.318. The Morgan fingerprint density at radius 2 is 1.90 bits per heavy atom. The third-order valence-electron chi connectivity index (χ3n) is 1.96. The van der Waals surface area contributed by atoms with Crippen molar-refractivity contribution in [1.82, 2.24) is 4.90 Å². The van der Waals surface area contributed by atoms with Crippen LogP contribution in [0.2, 0.25) is 0 Å². The molecule has 0 aromatic carbocycles. The van der Waals surface area contributed by atoms with Crippen molar-refractivity contribution in [3.05, 3.63) is 0 Å². The van der Waals surface area contributed by atoms with Crippen molar-refractivity contribution in [3.63, 3.8) is 0 Å². The van der Waals surface area contributed by atoms with E-state index in [0.717, 1.165) is 6.54 Å². The van der Waals surface area contributed by atoms with Crippen molar-refractivity contribution < 1.29 is 0 Å². The molecule has 1 heterocycles. The van der Waals surface area contributed by atoms with Gasteiger partial charge in [0.15, 0.2) is 0 Å². The lowest BCUT2D eigenvalue weighted by Crippen LogP contribution is -2.33. The van der Waals surface area contributed by atoms with Crippen molar-refractivity contribution in [3.8, 4) is 0 Å². The number of likely N-dealkylation sites (tertiary alicyclic amines) is 1. The number of nitrogens with zero attached hydrogens (tertiary/aromatic N) is 1. The lowest BCUT2D eigenvalue weighted by molar-refractivity contribution is 0.231. The molecular formula is C8H16ClN. The van der Waals surface area contributed by atoms with Crippen LogP contribution >= 0.6 is 11.6 Å². The first-order chi connectivity index (χ1) is 4.79. The Kier molecular flexibility index (Phi) is 3.50. The summed E-state index contributed by atoms with van der Waals surface area (Å²) in [6, 6.07) is 0. The Balaban J connectivity index is 2.13. The van der Waals surface area contributed by atoms with Gasteiger partial charge in [-0.25, -0.2) is 0 Å². The largest absolute Gasteiger partial charge is 0.302 e. The fourth-order valence-electron chi connectivity index (χ4n) is 1.50. The molecule has 1 atom stereocenters. The third kappa shape index (κ3) is 2.89. The molecule has 1 nitrogen and oxygen atoms in total. The van der Waals surface area contributed by atoms with Gasteiger partial charge in [0.1, 0.15) is 0 Å². The average molecular weight is 162 g/mol. The van der Waals surface area contributed by atoms with Crippen LogP contribution < -0.4 is 0 Å². The molecular weight excluding hydrogens is 146 g/mol. The van der Waals surface area contributed by atoms with E-state index in [4.69, 9.17) is 11.6 Å². The van der Waals surface area contributed by atoms with Crippen LogP contribution in [0.1, 0.15) is 26.2 Å². The molecule has 0 amide bonds. The Hall–Kier alpha value is 0.250. The van der Waals surface area contributed by atoms with Gasteiger partial charge in [0.05, 0.1) is 0 Å². The quantitative estimate of drug-likeness (QED) is 0.561. The smallest absolute Gasteiger partial charge is 0.0435 e. The highest BCUT2D eigenvalue weighted by atomic mass is 35.5. The first-order valence-electron chi connectivity index (χ1n) is 4.15. The first kappa shape index (κ1) is 8.35. The van der Waals surface area contributed by atoms with Crippen LogP contribution in [0.15, 0.2) is 0 Å². The molecule has 1 aliphatic rings. The standard InChI is InChI=1S/C8H16ClN/c1-8(9)7-10-5-3-2-4-6-10/h8H,2-7H2,1H3/t8-/m1/s1. The van der Waals surface area contributed by atoms with Crippen molar-refractivity contribution in [2.75, 3.05) is 19.6 Å². The molecule has 10 heavy (non-hydrogen) atoms. The predicted octanol–water partition coefficient (Wildman–Crippen LogP) is 2.10. The van der Waals surface area contributed by atoms with Crippen LogP contribution in [0.3, 0.4) is 0 Å². The zero-order valence-electron chi connectivity index (χ0n) is 6.65. The van der Waals surface area contributed by atoms with Gasteiger partial charge in [0, 0.05) is 11.9 Å². The van der Waals surface area contributed by atoms with Crippen LogP contribution in [-0.2, 0) is 0 Å². The number of rotatable bonds is 2. The molecule has 1 aliphatic heterocycles. The fraction of sp³-hybridized carbons (Fsp3) is 1.00. The number of piperidine rings is 1. The molecule has 1 fully saturated rings. The predicted molar refractivity (Wildman–Crippen MR) is 45.6 cm³/mol. The summed E-state index contributed by atoms with van der Waals surface area (Å²) in [5.41, 5.74) is 0. The zero-order valence-corrected chi connectivity index (χ0v) is 7.40. The molecule has 0 aliphatic carbocycles. The highest BCUT2D eigenvalue weighted by Gasteiger charge is 2.10. The van der Waals surface area contributed by atoms with Gasteiger partial charge in [-0.05, 0) is 32.9 Å². The molecule has 0 spiro atoms. The molecule has 0 bridgehead atoms. The van der Waals surface area contributed by atoms with E-state index in [-0.39, 0.29) is 0 Å². The molecule has 1 rings (SSSR count). The monoisotopic (exact) mass is 161 g/mol. The number of hydrogen-bond acceptors (Lipinski definition) is 1. The molecule has 0 unspecified atom stereocenters. The fourth-order valence-corrected chi connectivity index (χ4v) is 1.69. The van der Waals surface area contributed by atoms with Gasteiger partial charge in [-0.3, -0.25) is 0 Å². The summed E-state index contributed by atoms with van der Waals surface area (Å²) in [5.74, 6) is 0. The third-order valence-corrected chi connectivity index (χ3v) is 2.10. The Morgan fingerprint density at radius 3 is 2.40 bits per heavy atom. The van der Waals surface area contributed by atoms with E-state index in [1.165, 1.54) is 32.4 Å². The van der Waals surface area contributed by atoms with Crippen LogP contribution in [-0.4, -0.2) is 29.9 Å². The van der Waals surface area contributed by atoms with Crippen LogP contribution in [0.4, 0.5) is 0 Å². The van der Waals surface area contributed by atoms with Gasteiger partial charge in [-0.15, -0.1) is 11.6 Å². The summed E-state index contributed by atoms with van der Waals surface area (Å²) in [6.07, 6.45) is 4.14. The lowest BCUT2D eigenvalue weighted by atomic mass is 10.1. The summed E-state index contributed by atoms with van der Waals surface area (Å²) in [6.45, 7) is 5.66. The van der Waals surface area contributed by atoms with E-state index in [1.807, 2.05) is 0 Å². The minimum Gasteiger partial charge on any atom is -0.302 e. The number of halogens is 1. The van der Waals surface area contributed by atoms with E-state index in [0.29, 0.717) is 5.38 Å². The Morgan fingerprint density at radius 1 is 1.30 bits per heavy atom. The molecule has 1 saturated heterocycles. The van der Waals surface area contributed by atoms with Gasteiger partial charge < -0.3 is 4.90 Å². The van der Waals surface area contributed by atoms with Gasteiger partial charge in [-0.2, -0.15) is 0 Å². The second-order valence-electron chi connectivity index (χ2n) is 3.14. The maximum absolute atomic E-state index is 5.87. The Bertz CT molecular complexity index is 87.3. The minimum atomic E-state index is 0.318. The molecule has 0 aromatic heterocycles. The normalized spacial score (nSPS) is 24.6. The minimum absolute atomic E-state index is 0.318. The van der Waals surface area contributed by atoms with Gasteiger partial charge in [0.2, 0.25) is 0 Å². The molecule has 0 N–H and O–H groups in total. The topological polar surface area (TPSA) is 3.24 Å². The van der Waals surface area contributed by atoms with Crippen molar-refractivity contribution in [2.45, 2.75) is 31.6 Å². The van der Waals surface area contributed by atoms with Crippen LogP contribution in [0.5, 0.6) is 0 Å². The highest BCUT2D eigenvalue weighted by Crippen LogP contribution is 2.09. The van der Waals surface area contributed by atoms with Crippen molar-refractivity contribution in [2.24, 2.45) is 0 Å². The summed E-state index contributed by atoms with van der Waals surface area (Å²) >= 11 is 5.87. The average Bonchev–Trinajstić information content (AvgIpc) is 1.88.